The molecule has 2 aliphatic rings. The molecular weight excluding hydrogens is 456 g/mol. The Hall–Kier alpha value is -3.25. The van der Waals surface area contributed by atoms with E-state index >= 15 is 0 Å². The van der Waals surface area contributed by atoms with Gasteiger partial charge in [-0.2, -0.15) is 5.21 Å². The van der Waals surface area contributed by atoms with E-state index in [0.29, 0.717) is 31.1 Å². The van der Waals surface area contributed by atoms with E-state index in [-0.39, 0.29) is 36.7 Å². The fourth-order valence-electron chi connectivity index (χ4n) is 5.09. The number of carboxylic acid groups (broad SMARTS) is 1. The molecule has 4 amide bonds. The van der Waals surface area contributed by atoms with E-state index in [2.05, 4.69) is 36.6 Å². The molecule has 35 heavy (non-hydrogen) atoms. The zero-order valence-corrected chi connectivity index (χ0v) is 20.3. The second-order valence-electron chi connectivity index (χ2n) is 9.53. The summed E-state index contributed by atoms with van der Waals surface area (Å²) in [6.07, 6.45) is 5.58. The van der Waals surface area contributed by atoms with Crippen LogP contribution in [-0.4, -0.2) is 79.6 Å². The smallest absolute Gasteiger partial charge is 0.405 e. The Balaban J connectivity index is 1.64. The van der Waals surface area contributed by atoms with Crippen molar-refractivity contribution >= 4 is 23.8 Å². The first kappa shape index (κ1) is 26.4. The maximum Gasteiger partial charge on any atom is 0.405 e. The number of nitrogens with one attached hydrogen (secondary N) is 4. The lowest BCUT2D eigenvalue weighted by Crippen LogP contribution is -2.53. The van der Waals surface area contributed by atoms with Gasteiger partial charge in [-0.05, 0) is 24.2 Å². The van der Waals surface area contributed by atoms with E-state index in [1.54, 1.807) is 11.8 Å². The molecule has 5 N–H and O–H groups in total. The molecule has 2 fully saturated rings. The van der Waals surface area contributed by atoms with Crippen molar-refractivity contribution < 1.29 is 24.3 Å². The minimum absolute atomic E-state index is 0.0934. The number of carbonyl (C=O) groups excluding carboxylic acids is 3. The molecule has 0 unspecified atom stereocenters. The van der Waals surface area contributed by atoms with Crippen LogP contribution in [0.25, 0.3) is 0 Å². The summed E-state index contributed by atoms with van der Waals surface area (Å²) < 4.78 is 0. The normalized spacial score (nSPS) is 22.3. The minimum atomic E-state index is -1.30. The average Bonchev–Trinajstić information content (AvgIpc) is 3.54. The second kappa shape index (κ2) is 12.5. The van der Waals surface area contributed by atoms with E-state index in [1.165, 1.54) is 6.42 Å². The monoisotopic (exact) mass is 492 g/mol. The third kappa shape index (κ3) is 7.12. The maximum absolute atomic E-state index is 13.2. The van der Waals surface area contributed by atoms with Crippen molar-refractivity contribution in [3.63, 3.8) is 0 Å². The highest BCUT2D eigenvalue weighted by molar-refractivity contribution is 5.92. The highest BCUT2D eigenvalue weighted by atomic mass is 16.4. The summed E-state index contributed by atoms with van der Waals surface area (Å²) >= 11 is 0. The van der Waals surface area contributed by atoms with Gasteiger partial charge in [0.25, 0.3) is 0 Å². The molecule has 194 valence electrons. The molecule has 13 heteroatoms. The van der Waals surface area contributed by atoms with Crippen molar-refractivity contribution in [1.29, 1.82) is 0 Å². The molecule has 0 spiro atoms. The summed E-state index contributed by atoms with van der Waals surface area (Å²) in [6, 6.07) is -1.62. The number of carbonyl (C=O) groups is 4. The summed E-state index contributed by atoms with van der Waals surface area (Å²) in [5.41, 5.74) is 0. The Kier molecular flexibility index (Phi) is 9.38. The average molecular weight is 493 g/mol. The molecule has 1 aliphatic carbocycles. The number of H-pyrrole nitrogens is 1. The molecule has 4 atom stereocenters. The Bertz CT molecular complexity index is 873. The number of nitrogens with zero attached hydrogens (tertiary/aromatic N) is 4. The number of aromatic nitrogens is 4. The molecule has 1 saturated carbocycles. The first-order chi connectivity index (χ1) is 16.8. The molecular formula is C22H36N8O5. The van der Waals surface area contributed by atoms with Gasteiger partial charge in [0.2, 0.25) is 17.7 Å². The lowest BCUT2D eigenvalue weighted by Gasteiger charge is -2.27. The summed E-state index contributed by atoms with van der Waals surface area (Å²) in [4.78, 5) is 51.5. The number of tetrazole rings is 1. The SMILES string of the molecule is CC[C@H](C)[C@H](NC(=O)O)C(=O)NCC(=O)N1C[C@H](C2CCCCC2)C[C@H]1C(=O)NCc1nn[nH]n1. The van der Waals surface area contributed by atoms with Crippen LogP contribution in [0.15, 0.2) is 0 Å². The quantitative estimate of drug-likeness (QED) is 0.311. The number of rotatable bonds is 10. The molecule has 1 aromatic heterocycles. The standard InChI is InChI=1S/C22H36N8O5/c1-3-13(2)19(25-22(34)35)21(33)24-11-18(31)30-12-15(14-7-5-4-6-8-14)9-16(30)20(32)23-10-17-26-28-29-27-17/h13-16,19,25H,3-12H2,1-2H3,(H,23,32)(H,24,33)(H,34,35)(H,26,27,28,29)/t13-,15+,16-,19-/m0/s1. The number of aromatic amines is 1. The molecule has 13 nitrogen and oxygen atoms in total. The first-order valence-electron chi connectivity index (χ1n) is 12.4. The lowest BCUT2D eigenvalue weighted by molar-refractivity contribution is -0.139. The van der Waals surface area contributed by atoms with E-state index < -0.39 is 24.1 Å². The predicted octanol–water partition coefficient (Wildman–Crippen LogP) is 0.412. The van der Waals surface area contributed by atoms with Crippen LogP contribution in [0.4, 0.5) is 4.79 Å². The van der Waals surface area contributed by atoms with Crippen molar-refractivity contribution in [2.75, 3.05) is 13.1 Å². The van der Waals surface area contributed by atoms with Gasteiger partial charge >= 0.3 is 6.09 Å². The molecule has 1 aromatic rings. The molecule has 0 radical (unpaired) electrons. The number of amides is 4. The summed E-state index contributed by atoms with van der Waals surface area (Å²) in [5, 5.41) is 30.1. The van der Waals surface area contributed by atoms with Crippen LogP contribution < -0.4 is 16.0 Å². The largest absolute Gasteiger partial charge is 0.465 e. The van der Waals surface area contributed by atoms with Gasteiger partial charge in [-0.3, -0.25) is 14.4 Å². The summed E-state index contributed by atoms with van der Waals surface area (Å²) in [5.74, 6) is -0.432. The zero-order valence-electron chi connectivity index (χ0n) is 20.3. The van der Waals surface area contributed by atoms with Crippen molar-refractivity contribution in [2.24, 2.45) is 17.8 Å². The second-order valence-corrected chi connectivity index (χ2v) is 9.53. The first-order valence-corrected chi connectivity index (χ1v) is 12.4. The van der Waals surface area contributed by atoms with Gasteiger partial charge in [0.05, 0.1) is 13.1 Å². The Morgan fingerprint density at radius 1 is 1.14 bits per heavy atom. The molecule has 0 aromatic carbocycles. The molecule has 1 saturated heterocycles. The number of likely N-dealkylation sites (tertiary alicyclic amines) is 1. The van der Waals surface area contributed by atoms with Crippen LogP contribution in [0, 0.1) is 17.8 Å². The van der Waals surface area contributed by atoms with Crippen molar-refractivity contribution in [3.05, 3.63) is 5.82 Å². The van der Waals surface area contributed by atoms with Gasteiger partial charge in [-0.25, -0.2) is 4.79 Å². The minimum Gasteiger partial charge on any atom is -0.465 e. The van der Waals surface area contributed by atoms with E-state index in [9.17, 15) is 19.2 Å². The van der Waals surface area contributed by atoms with E-state index in [4.69, 9.17) is 5.11 Å². The van der Waals surface area contributed by atoms with Crippen LogP contribution in [0.1, 0.15) is 64.6 Å². The van der Waals surface area contributed by atoms with Crippen LogP contribution in [0.3, 0.4) is 0 Å². The molecule has 0 bridgehead atoms. The molecule has 3 rings (SSSR count). The van der Waals surface area contributed by atoms with Gasteiger partial charge in [0, 0.05) is 6.54 Å². The Morgan fingerprint density at radius 3 is 2.51 bits per heavy atom. The highest BCUT2D eigenvalue weighted by Crippen LogP contribution is 2.37. The molecule has 1 aliphatic heterocycles. The van der Waals surface area contributed by atoms with Gasteiger partial charge in [0.1, 0.15) is 12.1 Å². The summed E-state index contributed by atoms with van der Waals surface area (Å²) in [7, 11) is 0. The van der Waals surface area contributed by atoms with Gasteiger partial charge in [-0.15, -0.1) is 10.2 Å². The van der Waals surface area contributed by atoms with E-state index in [0.717, 1.165) is 25.7 Å². The lowest BCUT2D eigenvalue weighted by atomic mass is 9.79. The third-order valence-corrected chi connectivity index (χ3v) is 7.27. The molecule has 2 heterocycles. The van der Waals surface area contributed by atoms with Crippen LogP contribution in [0.5, 0.6) is 0 Å². The number of hydrogen-bond donors (Lipinski definition) is 5. The van der Waals surface area contributed by atoms with Crippen molar-refractivity contribution in [1.82, 2.24) is 41.5 Å². The van der Waals surface area contributed by atoms with Crippen LogP contribution in [-0.2, 0) is 20.9 Å². The van der Waals surface area contributed by atoms with Crippen molar-refractivity contribution in [3.8, 4) is 0 Å². The van der Waals surface area contributed by atoms with Crippen LogP contribution in [0.2, 0.25) is 0 Å². The zero-order chi connectivity index (χ0) is 25.4. The predicted molar refractivity (Wildman–Crippen MR) is 124 cm³/mol. The van der Waals surface area contributed by atoms with Gasteiger partial charge in [-0.1, -0.05) is 57.6 Å². The maximum atomic E-state index is 13.2. The number of hydrogen-bond acceptors (Lipinski definition) is 7. The Morgan fingerprint density at radius 2 is 1.89 bits per heavy atom. The highest BCUT2D eigenvalue weighted by Gasteiger charge is 2.42. The third-order valence-electron chi connectivity index (χ3n) is 7.27. The fraction of sp³-hybridized carbons (Fsp3) is 0.773. The van der Waals surface area contributed by atoms with Crippen LogP contribution >= 0.6 is 0 Å². The topological polar surface area (TPSA) is 182 Å². The fourth-order valence-corrected chi connectivity index (χ4v) is 5.09. The van der Waals surface area contributed by atoms with Gasteiger partial charge < -0.3 is 26.0 Å². The Labute approximate surface area is 204 Å². The summed E-state index contributed by atoms with van der Waals surface area (Å²) in [6.45, 7) is 3.87. The van der Waals surface area contributed by atoms with Crippen molar-refractivity contribution in [2.45, 2.75) is 77.4 Å². The van der Waals surface area contributed by atoms with Gasteiger partial charge in [0.15, 0.2) is 5.82 Å². The van der Waals surface area contributed by atoms with E-state index in [1.807, 2.05) is 6.92 Å².